The number of hydrogen-bond donors (Lipinski definition) is 1. The lowest BCUT2D eigenvalue weighted by atomic mass is 9.87. The molecule has 2 rings (SSSR count). The number of aryl methyl sites for hydroxylation is 2. The number of aliphatic hydroxyl groups is 1. The average Bonchev–Trinajstić information content (AvgIpc) is 2.79. The molecule has 1 aromatic heterocycles. The van der Waals surface area contributed by atoms with Crippen LogP contribution in [0.15, 0.2) is 36.5 Å². The van der Waals surface area contributed by atoms with E-state index in [4.69, 9.17) is 0 Å². The van der Waals surface area contributed by atoms with Crippen molar-refractivity contribution >= 4 is 0 Å². The Kier molecular flexibility index (Phi) is 4.29. The fourth-order valence-corrected chi connectivity index (χ4v) is 2.44. The molecular weight excluding hydrogens is 248 g/mol. The standard InChI is InChI=1S/C17H24N2O/c1-17(2,3)16-14(12-19(4)18-16)15(20)11-10-13-8-6-5-7-9-13/h5-9,12,15,20H,10-11H2,1-4H3. The van der Waals surface area contributed by atoms with E-state index < -0.39 is 6.10 Å². The number of nitrogens with zero attached hydrogens (tertiary/aromatic N) is 2. The lowest BCUT2D eigenvalue weighted by molar-refractivity contribution is 0.165. The maximum absolute atomic E-state index is 10.5. The first kappa shape index (κ1) is 14.8. The van der Waals surface area contributed by atoms with Gasteiger partial charge in [-0.25, -0.2) is 0 Å². The summed E-state index contributed by atoms with van der Waals surface area (Å²) in [5, 5.41) is 15.0. The van der Waals surface area contributed by atoms with Gasteiger partial charge in [0.25, 0.3) is 0 Å². The summed E-state index contributed by atoms with van der Waals surface area (Å²) >= 11 is 0. The molecule has 0 aliphatic rings. The molecular formula is C17H24N2O. The number of hydrogen-bond acceptors (Lipinski definition) is 2. The summed E-state index contributed by atoms with van der Waals surface area (Å²) in [5.74, 6) is 0. The fraction of sp³-hybridized carbons (Fsp3) is 0.471. The Hall–Kier alpha value is -1.61. The second-order valence-corrected chi connectivity index (χ2v) is 6.40. The SMILES string of the molecule is Cn1cc(C(O)CCc2ccccc2)c(C(C)(C)C)n1. The number of rotatable bonds is 4. The Morgan fingerprint density at radius 3 is 2.45 bits per heavy atom. The predicted molar refractivity (Wildman–Crippen MR) is 81.6 cm³/mol. The van der Waals surface area contributed by atoms with Crippen LogP contribution in [0.25, 0.3) is 0 Å². The summed E-state index contributed by atoms with van der Waals surface area (Å²) in [4.78, 5) is 0. The van der Waals surface area contributed by atoms with Crippen molar-refractivity contribution in [2.75, 3.05) is 0 Å². The molecule has 1 atom stereocenters. The van der Waals surface area contributed by atoms with Gasteiger partial charge in [-0.2, -0.15) is 5.10 Å². The van der Waals surface area contributed by atoms with Crippen molar-refractivity contribution < 1.29 is 5.11 Å². The summed E-state index contributed by atoms with van der Waals surface area (Å²) in [7, 11) is 1.91. The van der Waals surface area contributed by atoms with Crippen LogP contribution in [0, 0.1) is 0 Å². The summed E-state index contributed by atoms with van der Waals surface area (Å²) < 4.78 is 1.79. The van der Waals surface area contributed by atoms with Gasteiger partial charge < -0.3 is 5.11 Å². The summed E-state index contributed by atoms with van der Waals surface area (Å²) in [6, 6.07) is 10.3. The molecule has 20 heavy (non-hydrogen) atoms. The third-order valence-corrected chi connectivity index (χ3v) is 3.48. The van der Waals surface area contributed by atoms with E-state index in [1.165, 1.54) is 5.56 Å². The molecule has 2 aromatic rings. The highest BCUT2D eigenvalue weighted by atomic mass is 16.3. The van der Waals surface area contributed by atoms with E-state index >= 15 is 0 Å². The molecule has 3 heteroatoms. The number of aromatic nitrogens is 2. The molecule has 0 aliphatic heterocycles. The molecule has 0 aliphatic carbocycles. The smallest absolute Gasteiger partial charge is 0.0826 e. The normalized spacial score (nSPS) is 13.4. The van der Waals surface area contributed by atoms with Crippen LogP contribution >= 0.6 is 0 Å². The van der Waals surface area contributed by atoms with Crippen LogP contribution in [-0.4, -0.2) is 14.9 Å². The minimum atomic E-state index is -0.460. The third kappa shape index (κ3) is 3.48. The first-order valence-electron chi connectivity index (χ1n) is 7.14. The largest absolute Gasteiger partial charge is 0.388 e. The molecule has 1 unspecified atom stereocenters. The molecule has 108 valence electrons. The van der Waals surface area contributed by atoms with E-state index in [9.17, 15) is 5.11 Å². The van der Waals surface area contributed by atoms with Crippen molar-refractivity contribution in [3.05, 3.63) is 53.3 Å². The Morgan fingerprint density at radius 2 is 1.85 bits per heavy atom. The van der Waals surface area contributed by atoms with Crippen LogP contribution in [-0.2, 0) is 18.9 Å². The maximum atomic E-state index is 10.5. The molecule has 0 saturated heterocycles. The first-order valence-corrected chi connectivity index (χ1v) is 7.14. The van der Waals surface area contributed by atoms with Crippen molar-refractivity contribution in [1.29, 1.82) is 0 Å². The first-order chi connectivity index (χ1) is 9.38. The van der Waals surface area contributed by atoms with Crippen molar-refractivity contribution in [2.45, 2.75) is 45.1 Å². The molecule has 0 spiro atoms. The fourth-order valence-electron chi connectivity index (χ4n) is 2.44. The van der Waals surface area contributed by atoms with E-state index in [2.05, 4.69) is 38.0 Å². The Balaban J connectivity index is 2.11. The van der Waals surface area contributed by atoms with Gasteiger partial charge in [-0.15, -0.1) is 0 Å². The molecule has 1 aromatic carbocycles. The van der Waals surface area contributed by atoms with E-state index in [0.29, 0.717) is 0 Å². The van der Waals surface area contributed by atoms with Crippen LogP contribution in [0.3, 0.4) is 0 Å². The highest BCUT2D eigenvalue weighted by Gasteiger charge is 2.25. The van der Waals surface area contributed by atoms with Gasteiger partial charge in [0.1, 0.15) is 0 Å². The minimum Gasteiger partial charge on any atom is -0.388 e. The van der Waals surface area contributed by atoms with Gasteiger partial charge >= 0.3 is 0 Å². The zero-order valence-electron chi connectivity index (χ0n) is 12.8. The summed E-state index contributed by atoms with van der Waals surface area (Å²) in [5.41, 5.74) is 3.15. The van der Waals surface area contributed by atoms with Crippen molar-refractivity contribution in [3.63, 3.8) is 0 Å². The van der Waals surface area contributed by atoms with E-state index in [0.717, 1.165) is 24.1 Å². The van der Waals surface area contributed by atoms with Gasteiger partial charge in [0.15, 0.2) is 0 Å². The third-order valence-electron chi connectivity index (χ3n) is 3.48. The Bertz CT molecular complexity index is 552. The zero-order chi connectivity index (χ0) is 14.8. The van der Waals surface area contributed by atoms with Gasteiger partial charge in [0.2, 0.25) is 0 Å². The predicted octanol–water partition coefficient (Wildman–Crippen LogP) is 3.38. The lowest BCUT2D eigenvalue weighted by Gasteiger charge is -2.20. The van der Waals surface area contributed by atoms with Crippen LogP contribution < -0.4 is 0 Å². The Labute approximate surface area is 121 Å². The molecule has 0 bridgehead atoms. The molecule has 0 amide bonds. The second kappa shape index (κ2) is 5.80. The molecule has 1 N–H and O–H groups in total. The van der Waals surface area contributed by atoms with Crippen LogP contribution in [0.4, 0.5) is 0 Å². The van der Waals surface area contributed by atoms with Crippen LogP contribution in [0.5, 0.6) is 0 Å². The van der Waals surface area contributed by atoms with Crippen molar-refractivity contribution in [3.8, 4) is 0 Å². The van der Waals surface area contributed by atoms with Gasteiger partial charge in [-0.3, -0.25) is 4.68 Å². The molecule has 0 saturated carbocycles. The van der Waals surface area contributed by atoms with Gasteiger partial charge in [-0.05, 0) is 18.4 Å². The monoisotopic (exact) mass is 272 g/mol. The molecule has 3 nitrogen and oxygen atoms in total. The quantitative estimate of drug-likeness (QED) is 0.926. The van der Waals surface area contributed by atoms with E-state index in [1.807, 2.05) is 31.4 Å². The lowest BCUT2D eigenvalue weighted by Crippen LogP contribution is -2.16. The summed E-state index contributed by atoms with van der Waals surface area (Å²) in [6.45, 7) is 6.38. The topological polar surface area (TPSA) is 38.0 Å². The van der Waals surface area contributed by atoms with Gasteiger partial charge in [-0.1, -0.05) is 51.1 Å². The van der Waals surface area contributed by atoms with E-state index in [1.54, 1.807) is 4.68 Å². The zero-order valence-corrected chi connectivity index (χ0v) is 12.8. The van der Waals surface area contributed by atoms with E-state index in [-0.39, 0.29) is 5.41 Å². The van der Waals surface area contributed by atoms with Crippen molar-refractivity contribution in [1.82, 2.24) is 9.78 Å². The number of aliphatic hydroxyl groups excluding tert-OH is 1. The number of benzene rings is 1. The molecule has 0 fully saturated rings. The molecule has 1 heterocycles. The minimum absolute atomic E-state index is 0.0513. The Morgan fingerprint density at radius 1 is 1.20 bits per heavy atom. The highest BCUT2D eigenvalue weighted by molar-refractivity contribution is 5.26. The second-order valence-electron chi connectivity index (χ2n) is 6.40. The van der Waals surface area contributed by atoms with Crippen molar-refractivity contribution in [2.24, 2.45) is 7.05 Å². The van der Waals surface area contributed by atoms with Crippen LogP contribution in [0.1, 0.15) is 50.1 Å². The summed E-state index contributed by atoms with van der Waals surface area (Å²) in [6.07, 6.45) is 3.08. The highest BCUT2D eigenvalue weighted by Crippen LogP contribution is 2.30. The molecule has 0 radical (unpaired) electrons. The van der Waals surface area contributed by atoms with Crippen LogP contribution in [0.2, 0.25) is 0 Å². The maximum Gasteiger partial charge on any atom is 0.0826 e. The average molecular weight is 272 g/mol. The van der Waals surface area contributed by atoms with Gasteiger partial charge in [0, 0.05) is 24.2 Å². The van der Waals surface area contributed by atoms with Gasteiger partial charge in [0.05, 0.1) is 11.8 Å².